The Hall–Kier alpha value is -0.180. The van der Waals surface area contributed by atoms with Gasteiger partial charge in [-0.05, 0) is 19.3 Å². The third kappa shape index (κ3) is 3.05. The van der Waals surface area contributed by atoms with Crippen LogP contribution in [0.2, 0.25) is 0 Å². The molecule has 1 heterocycles. The first-order valence-corrected chi connectivity index (χ1v) is 5.62. The Kier molecular flexibility index (Phi) is 3.92. The van der Waals surface area contributed by atoms with Crippen LogP contribution in [0.3, 0.4) is 0 Å². The number of nitrogens with zero attached hydrogens (tertiary/aromatic N) is 1. The van der Waals surface area contributed by atoms with E-state index in [-0.39, 0.29) is 0 Å². The lowest BCUT2D eigenvalue weighted by Gasteiger charge is -2.21. The van der Waals surface area contributed by atoms with Gasteiger partial charge in [0.25, 0.3) is 0 Å². The lowest BCUT2D eigenvalue weighted by Crippen LogP contribution is -2.35. The van der Waals surface area contributed by atoms with Crippen molar-refractivity contribution in [3.05, 3.63) is 0 Å². The van der Waals surface area contributed by atoms with Crippen molar-refractivity contribution in [2.75, 3.05) is 12.3 Å². The van der Waals surface area contributed by atoms with E-state index in [1.165, 1.54) is 12.2 Å². The molecule has 0 aromatic rings. The van der Waals surface area contributed by atoms with Gasteiger partial charge in [-0.15, -0.1) is 0 Å². The summed E-state index contributed by atoms with van der Waals surface area (Å²) >= 11 is 1.85. The number of aliphatic imine (C=N–C) groups is 1. The van der Waals surface area contributed by atoms with Crippen molar-refractivity contribution >= 4 is 16.9 Å². The molecule has 1 rings (SSSR count). The largest absolute Gasteiger partial charge is 0.362 e. The zero-order chi connectivity index (χ0) is 8.97. The SMILES string of the molecule is CC(C)C(C)NC1=NCCCS1. The Labute approximate surface area is 79.2 Å². The zero-order valence-electron chi connectivity index (χ0n) is 8.13. The van der Waals surface area contributed by atoms with Crippen molar-refractivity contribution in [2.24, 2.45) is 10.9 Å². The predicted octanol–water partition coefficient (Wildman–Crippen LogP) is 2.11. The van der Waals surface area contributed by atoms with Crippen LogP contribution in [0.5, 0.6) is 0 Å². The van der Waals surface area contributed by atoms with E-state index < -0.39 is 0 Å². The summed E-state index contributed by atoms with van der Waals surface area (Å²) in [4.78, 5) is 4.42. The van der Waals surface area contributed by atoms with E-state index in [0.717, 1.165) is 11.7 Å². The van der Waals surface area contributed by atoms with Crippen LogP contribution >= 0.6 is 11.8 Å². The molecule has 0 radical (unpaired) electrons. The molecule has 1 aliphatic rings. The summed E-state index contributed by atoms with van der Waals surface area (Å²) in [5, 5.41) is 4.57. The van der Waals surface area contributed by atoms with Gasteiger partial charge in [-0.3, -0.25) is 4.99 Å². The Bertz CT molecular complexity index is 166. The molecule has 0 fully saturated rings. The standard InChI is InChI=1S/C9H18N2S/c1-7(2)8(3)11-9-10-5-4-6-12-9/h7-8H,4-6H2,1-3H3,(H,10,11). The smallest absolute Gasteiger partial charge is 0.156 e. The van der Waals surface area contributed by atoms with Gasteiger partial charge in [-0.1, -0.05) is 25.6 Å². The van der Waals surface area contributed by atoms with Gasteiger partial charge in [0, 0.05) is 18.3 Å². The van der Waals surface area contributed by atoms with Gasteiger partial charge in [0.1, 0.15) is 0 Å². The molecule has 3 heteroatoms. The molecule has 1 atom stereocenters. The van der Waals surface area contributed by atoms with Crippen LogP contribution in [0.4, 0.5) is 0 Å². The van der Waals surface area contributed by atoms with Crippen LogP contribution in [-0.2, 0) is 0 Å². The summed E-state index contributed by atoms with van der Waals surface area (Å²) in [6.07, 6.45) is 1.23. The summed E-state index contributed by atoms with van der Waals surface area (Å²) in [5.41, 5.74) is 0. The summed E-state index contributed by atoms with van der Waals surface area (Å²) in [7, 11) is 0. The molecule has 1 unspecified atom stereocenters. The minimum absolute atomic E-state index is 0.536. The zero-order valence-corrected chi connectivity index (χ0v) is 8.95. The van der Waals surface area contributed by atoms with Crippen LogP contribution < -0.4 is 5.32 Å². The summed E-state index contributed by atoms with van der Waals surface area (Å²) < 4.78 is 0. The van der Waals surface area contributed by atoms with Crippen LogP contribution in [0.15, 0.2) is 4.99 Å². The molecule has 0 saturated carbocycles. The average molecular weight is 186 g/mol. The van der Waals surface area contributed by atoms with E-state index in [2.05, 4.69) is 31.1 Å². The molecular weight excluding hydrogens is 168 g/mol. The second kappa shape index (κ2) is 4.75. The van der Waals surface area contributed by atoms with Crippen molar-refractivity contribution < 1.29 is 0 Å². The second-order valence-corrected chi connectivity index (χ2v) is 4.65. The average Bonchev–Trinajstić information content (AvgIpc) is 2.06. The monoisotopic (exact) mass is 186 g/mol. The van der Waals surface area contributed by atoms with E-state index in [4.69, 9.17) is 0 Å². The van der Waals surface area contributed by atoms with Gasteiger partial charge in [0.2, 0.25) is 0 Å². The highest BCUT2D eigenvalue weighted by Crippen LogP contribution is 2.12. The maximum atomic E-state index is 4.42. The van der Waals surface area contributed by atoms with Gasteiger partial charge in [-0.2, -0.15) is 0 Å². The number of hydrogen-bond donors (Lipinski definition) is 1. The minimum Gasteiger partial charge on any atom is -0.362 e. The number of rotatable bonds is 2. The fourth-order valence-corrected chi connectivity index (χ4v) is 1.83. The molecule has 0 spiro atoms. The number of thioether (sulfide) groups is 1. The molecule has 12 heavy (non-hydrogen) atoms. The van der Waals surface area contributed by atoms with Crippen LogP contribution in [-0.4, -0.2) is 23.5 Å². The summed E-state index contributed by atoms with van der Waals surface area (Å²) in [6.45, 7) is 7.67. The van der Waals surface area contributed by atoms with E-state index in [1.54, 1.807) is 0 Å². The van der Waals surface area contributed by atoms with Gasteiger partial charge in [-0.25, -0.2) is 0 Å². The Morgan fingerprint density at radius 1 is 1.42 bits per heavy atom. The topological polar surface area (TPSA) is 24.4 Å². The third-order valence-corrected chi connectivity index (χ3v) is 3.16. The summed E-state index contributed by atoms with van der Waals surface area (Å²) in [5.74, 6) is 1.90. The van der Waals surface area contributed by atoms with Gasteiger partial charge in [0.05, 0.1) is 0 Å². The normalized spacial score (nSPS) is 20.5. The molecule has 0 amide bonds. The van der Waals surface area contributed by atoms with Crippen molar-refractivity contribution in [1.29, 1.82) is 0 Å². The van der Waals surface area contributed by atoms with Crippen molar-refractivity contribution in [3.63, 3.8) is 0 Å². The lowest BCUT2D eigenvalue weighted by molar-refractivity contribution is 0.489. The highest BCUT2D eigenvalue weighted by atomic mass is 32.2. The molecule has 0 saturated heterocycles. The Morgan fingerprint density at radius 3 is 2.67 bits per heavy atom. The minimum atomic E-state index is 0.536. The van der Waals surface area contributed by atoms with Gasteiger partial charge < -0.3 is 5.32 Å². The molecule has 1 aliphatic heterocycles. The number of hydrogen-bond acceptors (Lipinski definition) is 3. The van der Waals surface area contributed by atoms with Crippen LogP contribution in [0, 0.1) is 5.92 Å². The molecule has 2 nitrogen and oxygen atoms in total. The first kappa shape index (κ1) is 9.90. The Balaban J connectivity index is 2.34. The first-order chi connectivity index (χ1) is 5.70. The number of amidine groups is 1. The van der Waals surface area contributed by atoms with Crippen LogP contribution in [0.1, 0.15) is 27.2 Å². The van der Waals surface area contributed by atoms with Crippen molar-refractivity contribution in [2.45, 2.75) is 33.2 Å². The molecule has 70 valence electrons. The van der Waals surface area contributed by atoms with Crippen molar-refractivity contribution in [3.8, 4) is 0 Å². The molecular formula is C9H18N2S. The predicted molar refractivity (Wildman–Crippen MR) is 56.8 cm³/mol. The quantitative estimate of drug-likeness (QED) is 0.714. The van der Waals surface area contributed by atoms with Crippen molar-refractivity contribution in [1.82, 2.24) is 5.32 Å². The van der Waals surface area contributed by atoms with Crippen LogP contribution in [0.25, 0.3) is 0 Å². The Morgan fingerprint density at radius 2 is 2.17 bits per heavy atom. The van der Waals surface area contributed by atoms with E-state index in [1.807, 2.05) is 11.8 Å². The second-order valence-electron chi connectivity index (χ2n) is 3.57. The molecule has 0 aromatic carbocycles. The highest BCUT2D eigenvalue weighted by Gasteiger charge is 2.11. The molecule has 0 aliphatic carbocycles. The maximum Gasteiger partial charge on any atom is 0.156 e. The third-order valence-electron chi connectivity index (χ3n) is 2.15. The van der Waals surface area contributed by atoms with E-state index >= 15 is 0 Å². The van der Waals surface area contributed by atoms with E-state index in [0.29, 0.717) is 12.0 Å². The molecule has 1 N–H and O–H groups in total. The maximum absolute atomic E-state index is 4.42. The fourth-order valence-electron chi connectivity index (χ4n) is 0.908. The molecule has 0 aromatic heterocycles. The number of nitrogens with one attached hydrogen (secondary N) is 1. The first-order valence-electron chi connectivity index (χ1n) is 4.64. The lowest BCUT2D eigenvalue weighted by atomic mass is 10.1. The van der Waals surface area contributed by atoms with E-state index in [9.17, 15) is 0 Å². The molecule has 0 bridgehead atoms. The van der Waals surface area contributed by atoms with Gasteiger partial charge in [0.15, 0.2) is 5.17 Å². The van der Waals surface area contributed by atoms with Gasteiger partial charge >= 0.3 is 0 Å². The highest BCUT2D eigenvalue weighted by molar-refractivity contribution is 8.13. The fraction of sp³-hybridized carbons (Fsp3) is 0.889. The summed E-state index contributed by atoms with van der Waals surface area (Å²) in [6, 6.07) is 0.536.